The van der Waals surface area contributed by atoms with Crippen molar-refractivity contribution in [2.45, 2.75) is 37.8 Å². The molecule has 2 aromatic rings. The van der Waals surface area contributed by atoms with Crippen molar-refractivity contribution >= 4 is 35.2 Å². The van der Waals surface area contributed by atoms with Gasteiger partial charge in [-0.25, -0.2) is 0 Å². The molecule has 1 aromatic heterocycles. The van der Waals surface area contributed by atoms with Gasteiger partial charge in [-0.3, -0.25) is 19.2 Å². The molecule has 2 aliphatic carbocycles. The Labute approximate surface area is 218 Å². The van der Waals surface area contributed by atoms with Gasteiger partial charge in [0.25, 0.3) is 0 Å². The normalized spacial score (nSPS) is 22.6. The minimum atomic E-state index is -2.65. The summed E-state index contributed by atoms with van der Waals surface area (Å²) < 4.78 is 1.69. The molecular weight excluding hydrogens is 494 g/mol. The molecule has 202 valence electrons. The second kappa shape index (κ2) is 10.1. The smallest absolute Gasteiger partial charge is 0.225 e. The van der Waals surface area contributed by atoms with E-state index < -0.39 is 53.7 Å². The maximum Gasteiger partial charge on any atom is 0.225 e. The number of ketones is 2. The maximum atomic E-state index is 13.7. The van der Waals surface area contributed by atoms with Crippen LogP contribution in [0.3, 0.4) is 0 Å². The monoisotopic (exact) mass is 525 g/mol. The third kappa shape index (κ3) is 4.37. The van der Waals surface area contributed by atoms with Crippen LogP contribution in [0.1, 0.15) is 46.3 Å². The lowest BCUT2D eigenvalue weighted by molar-refractivity contribution is -0.159. The zero-order valence-corrected chi connectivity index (χ0v) is 21.2. The number of hydrogen-bond acceptors (Lipinski definition) is 9. The quantitative estimate of drug-likeness (QED) is 0.232. The lowest BCUT2D eigenvalue weighted by atomic mass is 9.61. The number of carbonyl (C=O) groups is 4. The zero-order valence-electron chi connectivity index (χ0n) is 21.2. The largest absolute Gasteiger partial charge is 0.507 e. The summed E-state index contributed by atoms with van der Waals surface area (Å²) in [5.41, 5.74) is 4.47. The molecule has 0 spiro atoms. The van der Waals surface area contributed by atoms with Gasteiger partial charge in [0.2, 0.25) is 11.7 Å². The minimum Gasteiger partial charge on any atom is -0.507 e. The number of carbonyl (C=O) groups excluding carboxylic acids is 4. The predicted octanol–water partition coefficient (Wildman–Crippen LogP) is 0.709. The molecular formula is C27H31N3O8. The first-order valence-electron chi connectivity index (χ1n) is 12.2. The standard InChI is InChI=1S/C27H31N3O8/c1-29(2)19-9-16(12-30-5-3-14(11-30)13-32)24(35)23-18(19)8-15-7-17(4-6-31)27(38,20(33)10-21(28)34)26(37)22(15)25(23)36/h3,5,9,11,13,15,17,31,35-36,38H,4,6-8,10,12H2,1-2H3,(H2,28,34)/t15-,17-,27-/m1/s1. The van der Waals surface area contributed by atoms with Crippen molar-refractivity contribution in [3.8, 4) is 5.75 Å². The zero-order chi connectivity index (χ0) is 27.9. The lowest BCUT2D eigenvalue weighted by Crippen LogP contribution is -2.59. The van der Waals surface area contributed by atoms with Gasteiger partial charge in [0.1, 0.15) is 11.5 Å². The fourth-order valence-electron chi connectivity index (χ4n) is 5.76. The molecule has 0 saturated heterocycles. The highest BCUT2D eigenvalue weighted by Gasteiger charge is 2.57. The van der Waals surface area contributed by atoms with E-state index in [0.29, 0.717) is 28.7 Å². The summed E-state index contributed by atoms with van der Waals surface area (Å²) in [7, 11) is 3.60. The molecule has 1 aromatic carbocycles. The number of aldehydes is 1. The average molecular weight is 526 g/mol. The minimum absolute atomic E-state index is 0.0267. The summed E-state index contributed by atoms with van der Waals surface area (Å²) in [4.78, 5) is 50.9. The van der Waals surface area contributed by atoms with Gasteiger partial charge in [-0.15, -0.1) is 0 Å². The molecule has 11 heteroatoms. The van der Waals surface area contributed by atoms with Crippen LogP contribution >= 0.6 is 0 Å². The van der Waals surface area contributed by atoms with Crippen LogP contribution in [0, 0.1) is 11.8 Å². The fraction of sp³-hybridized carbons (Fsp3) is 0.407. The fourth-order valence-corrected chi connectivity index (χ4v) is 5.76. The van der Waals surface area contributed by atoms with E-state index in [1.165, 1.54) is 0 Å². The first kappa shape index (κ1) is 27.1. The Bertz CT molecular complexity index is 1360. The summed E-state index contributed by atoms with van der Waals surface area (Å²) in [5, 5.41) is 43.7. The van der Waals surface area contributed by atoms with Crippen molar-refractivity contribution in [1.82, 2.24) is 4.57 Å². The van der Waals surface area contributed by atoms with Crippen molar-refractivity contribution in [3.63, 3.8) is 0 Å². The number of nitrogens with zero attached hydrogens (tertiary/aromatic N) is 2. The number of benzene rings is 1. The molecule has 6 N–H and O–H groups in total. The Kier molecular flexibility index (Phi) is 7.18. The van der Waals surface area contributed by atoms with Crippen LogP contribution in [0.2, 0.25) is 0 Å². The van der Waals surface area contributed by atoms with E-state index in [0.717, 1.165) is 0 Å². The van der Waals surface area contributed by atoms with Gasteiger partial charge in [-0.1, -0.05) is 0 Å². The third-order valence-electron chi connectivity index (χ3n) is 7.55. The molecule has 0 radical (unpaired) electrons. The van der Waals surface area contributed by atoms with Crippen molar-refractivity contribution < 1.29 is 39.6 Å². The maximum absolute atomic E-state index is 13.7. The SMILES string of the molecule is CN(C)c1cc(Cn2ccc(C=O)c2)c(O)c2c1C[C@H]1C[C@@H](CCO)[C@@](O)(C(=O)CC(N)=O)C(=O)C1=C2O. The number of hydrogen-bond donors (Lipinski definition) is 5. The molecule has 1 fully saturated rings. The summed E-state index contributed by atoms with van der Waals surface area (Å²) in [6.45, 7) is -0.246. The Hall–Kier alpha value is -3.96. The molecule has 4 rings (SSSR count). The van der Waals surface area contributed by atoms with E-state index in [-0.39, 0.29) is 42.7 Å². The van der Waals surface area contributed by atoms with Gasteiger partial charge < -0.3 is 35.6 Å². The van der Waals surface area contributed by atoms with Crippen molar-refractivity contribution in [2.75, 3.05) is 25.6 Å². The lowest BCUT2D eigenvalue weighted by Gasteiger charge is -2.44. The Morgan fingerprint density at radius 2 is 2.00 bits per heavy atom. The first-order valence-corrected chi connectivity index (χ1v) is 12.2. The molecule has 2 aliphatic rings. The van der Waals surface area contributed by atoms with Crippen LogP contribution in [-0.4, -0.2) is 75.1 Å². The average Bonchev–Trinajstić information content (AvgIpc) is 3.30. The number of aliphatic hydroxyl groups excluding tert-OH is 2. The predicted molar refractivity (Wildman–Crippen MR) is 137 cm³/mol. The molecule has 0 bridgehead atoms. The van der Waals surface area contributed by atoms with Crippen molar-refractivity contribution in [1.29, 1.82) is 0 Å². The Balaban J connectivity index is 1.88. The number of Topliss-reactive ketones (excluding diaryl/α,β-unsaturated/α-hetero) is 2. The molecule has 0 unspecified atom stereocenters. The van der Waals surface area contributed by atoms with Gasteiger partial charge in [-0.05, 0) is 42.9 Å². The van der Waals surface area contributed by atoms with E-state index >= 15 is 0 Å². The van der Waals surface area contributed by atoms with Crippen molar-refractivity contribution in [3.05, 3.63) is 52.4 Å². The summed E-state index contributed by atoms with van der Waals surface area (Å²) >= 11 is 0. The highest BCUT2D eigenvalue weighted by Crippen LogP contribution is 2.51. The number of fused-ring (bicyclic) bond motifs is 2. The highest BCUT2D eigenvalue weighted by atomic mass is 16.3. The van der Waals surface area contributed by atoms with Crippen molar-refractivity contribution in [2.24, 2.45) is 17.6 Å². The molecule has 11 nitrogen and oxygen atoms in total. The summed E-state index contributed by atoms with van der Waals surface area (Å²) in [6, 6.07) is 3.39. The van der Waals surface area contributed by atoms with E-state index in [2.05, 4.69) is 0 Å². The van der Waals surface area contributed by atoms with Gasteiger partial charge >= 0.3 is 0 Å². The Morgan fingerprint density at radius 3 is 2.58 bits per heavy atom. The number of aromatic hydroxyl groups is 1. The van der Waals surface area contributed by atoms with Crippen LogP contribution in [0.25, 0.3) is 5.76 Å². The molecule has 1 saturated carbocycles. The van der Waals surface area contributed by atoms with E-state index in [4.69, 9.17) is 5.73 Å². The van der Waals surface area contributed by atoms with E-state index in [1.54, 1.807) is 43.2 Å². The Morgan fingerprint density at radius 1 is 1.29 bits per heavy atom. The molecule has 1 heterocycles. The first-order chi connectivity index (χ1) is 17.9. The van der Waals surface area contributed by atoms with Gasteiger partial charge in [-0.2, -0.15) is 0 Å². The molecule has 3 atom stereocenters. The number of rotatable bonds is 9. The summed E-state index contributed by atoms with van der Waals surface area (Å²) in [5.74, 6) is -5.58. The number of anilines is 1. The number of primary amides is 1. The molecule has 1 amide bonds. The number of aliphatic hydroxyl groups is 3. The second-order valence-electron chi connectivity index (χ2n) is 10.2. The van der Waals surface area contributed by atoms with Crippen LogP contribution < -0.4 is 10.6 Å². The van der Waals surface area contributed by atoms with E-state index in [9.17, 15) is 39.6 Å². The highest BCUT2D eigenvalue weighted by molar-refractivity contribution is 6.23. The second-order valence-corrected chi connectivity index (χ2v) is 10.2. The van der Waals surface area contributed by atoms with Gasteiger partial charge in [0.15, 0.2) is 17.7 Å². The van der Waals surface area contributed by atoms with Gasteiger partial charge in [0.05, 0.1) is 18.5 Å². The van der Waals surface area contributed by atoms with E-state index in [1.807, 2.05) is 4.90 Å². The third-order valence-corrected chi connectivity index (χ3v) is 7.55. The number of nitrogens with two attached hydrogens (primary N) is 1. The molecule has 0 aliphatic heterocycles. The van der Waals surface area contributed by atoms with Crippen LogP contribution in [-0.2, 0) is 27.3 Å². The number of phenols is 1. The number of phenolic OH excluding ortho intramolecular Hbond substituents is 1. The summed E-state index contributed by atoms with van der Waals surface area (Å²) in [6.07, 6.45) is 3.33. The van der Waals surface area contributed by atoms with Crippen LogP contribution in [0.15, 0.2) is 30.1 Å². The van der Waals surface area contributed by atoms with Crippen LogP contribution in [0.4, 0.5) is 5.69 Å². The number of amides is 1. The van der Waals surface area contributed by atoms with Gasteiger partial charge in [0, 0.05) is 61.4 Å². The topological polar surface area (TPSA) is 183 Å². The molecule has 38 heavy (non-hydrogen) atoms. The number of aromatic nitrogens is 1. The van der Waals surface area contributed by atoms with Crippen LogP contribution in [0.5, 0.6) is 5.75 Å².